The van der Waals surface area contributed by atoms with Crippen molar-refractivity contribution in [2.45, 2.75) is 13.5 Å². The Kier molecular flexibility index (Phi) is 6.12. The van der Waals surface area contributed by atoms with Gasteiger partial charge >= 0.3 is 0 Å². The second-order valence-corrected chi connectivity index (χ2v) is 6.02. The maximum absolute atomic E-state index is 6.13. The van der Waals surface area contributed by atoms with Crippen LogP contribution < -0.4 is 22.7 Å². The maximum Gasteiger partial charge on any atom is 0.173 e. The molecule has 0 aliphatic rings. The highest BCUT2D eigenvalue weighted by Crippen LogP contribution is 2.27. The molecule has 0 radical (unpaired) electrons. The van der Waals surface area contributed by atoms with Gasteiger partial charge in [0.2, 0.25) is 0 Å². The first-order chi connectivity index (χ1) is 11.5. The van der Waals surface area contributed by atoms with Crippen molar-refractivity contribution in [1.82, 2.24) is 9.78 Å². The topological polar surface area (TPSA) is 72.4 Å². The predicted octanol–water partition coefficient (Wildman–Crippen LogP) is 0.719. The van der Waals surface area contributed by atoms with Crippen LogP contribution in [0.15, 0.2) is 59.2 Å². The second kappa shape index (κ2) is 8.09. The van der Waals surface area contributed by atoms with Gasteiger partial charge < -0.3 is 18.1 Å². The number of nitrogens with zero attached hydrogens (tertiary/aromatic N) is 5. The number of azo groups is 1. The molecule has 0 atom stereocenters. The molecule has 0 amide bonds. The van der Waals surface area contributed by atoms with Crippen LogP contribution in [0, 0.1) is 6.92 Å². The molecule has 0 aliphatic carbocycles. The predicted molar refractivity (Wildman–Crippen MR) is 93.7 cm³/mol. The lowest BCUT2D eigenvalue weighted by Gasteiger charge is -2.03. The number of nitrogens with two attached hydrogens (primary N) is 1. The fourth-order valence-corrected chi connectivity index (χ4v) is 2.57. The number of aryl methyl sites for hydroxylation is 2. The quantitative estimate of drug-likeness (QED) is 0.538. The summed E-state index contributed by atoms with van der Waals surface area (Å²) in [6, 6.07) is 9.47. The summed E-state index contributed by atoms with van der Waals surface area (Å²) < 4.78 is 3.69. The third kappa shape index (κ3) is 4.55. The summed E-state index contributed by atoms with van der Waals surface area (Å²) in [5.41, 5.74) is 9.49. The van der Waals surface area contributed by atoms with Crippen molar-refractivity contribution in [1.29, 1.82) is 0 Å². The van der Waals surface area contributed by atoms with E-state index < -0.39 is 0 Å². The van der Waals surface area contributed by atoms with Gasteiger partial charge in [-0.15, -0.1) is 5.11 Å². The number of nitrogen functional groups attached to an aromatic ring is 1. The van der Waals surface area contributed by atoms with Gasteiger partial charge in [-0.2, -0.15) is 10.2 Å². The lowest BCUT2D eigenvalue weighted by atomic mass is 10.2. The van der Waals surface area contributed by atoms with Crippen molar-refractivity contribution in [2.75, 3.05) is 5.73 Å². The van der Waals surface area contributed by atoms with E-state index in [9.17, 15) is 0 Å². The van der Waals surface area contributed by atoms with E-state index in [0.717, 1.165) is 16.8 Å². The Hall–Kier alpha value is -2.44. The van der Waals surface area contributed by atoms with Crippen LogP contribution in [0.2, 0.25) is 5.02 Å². The lowest BCUT2D eigenvalue weighted by Crippen LogP contribution is -3.00. The summed E-state index contributed by atoms with van der Waals surface area (Å²) in [5, 5.41) is 13.4. The van der Waals surface area contributed by atoms with Gasteiger partial charge in [-0.1, -0.05) is 11.6 Å². The van der Waals surface area contributed by atoms with Gasteiger partial charge in [0.1, 0.15) is 18.6 Å². The summed E-state index contributed by atoms with van der Waals surface area (Å²) in [7, 11) is 1.98. The molecule has 0 aliphatic heterocycles. The minimum atomic E-state index is 0. The van der Waals surface area contributed by atoms with Crippen LogP contribution in [-0.2, 0) is 13.6 Å². The van der Waals surface area contributed by atoms with Crippen molar-refractivity contribution in [3.05, 3.63) is 65.1 Å². The van der Waals surface area contributed by atoms with E-state index in [0.29, 0.717) is 23.1 Å². The Morgan fingerprint density at radius 3 is 2.72 bits per heavy atom. The van der Waals surface area contributed by atoms with E-state index in [1.54, 1.807) is 16.9 Å². The molecule has 3 rings (SSSR count). The molecule has 0 fully saturated rings. The first-order valence-corrected chi connectivity index (χ1v) is 7.84. The highest BCUT2D eigenvalue weighted by atomic mass is 35.5. The molecule has 2 heterocycles. The lowest BCUT2D eigenvalue weighted by molar-refractivity contribution is -0.671. The summed E-state index contributed by atoms with van der Waals surface area (Å²) in [4.78, 5) is 0. The molecule has 0 unspecified atom stereocenters. The highest BCUT2D eigenvalue weighted by molar-refractivity contribution is 6.30. The normalized spacial score (nSPS) is 10.8. The molecule has 2 N–H and O–H groups in total. The van der Waals surface area contributed by atoms with Gasteiger partial charge in [-0.05, 0) is 36.8 Å². The van der Waals surface area contributed by atoms with Gasteiger partial charge in [0, 0.05) is 16.7 Å². The van der Waals surface area contributed by atoms with Crippen LogP contribution in [0.4, 0.5) is 17.2 Å². The minimum Gasteiger partial charge on any atom is -1.00 e. The number of aromatic nitrogens is 3. The van der Waals surface area contributed by atoms with E-state index in [-0.39, 0.29) is 12.4 Å². The fraction of sp³-hybridized carbons (Fsp3) is 0.176. The van der Waals surface area contributed by atoms with Crippen LogP contribution >= 0.6 is 11.6 Å². The van der Waals surface area contributed by atoms with Crippen molar-refractivity contribution in [3.63, 3.8) is 0 Å². The zero-order valence-electron chi connectivity index (χ0n) is 13.9. The highest BCUT2D eigenvalue weighted by Gasteiger charge is 2.09. The van der Waals surface area contributed by atoms with Crippen molar-refractivity contribution in [2.24, 2.45) is 17.3 Å². The van der Waals surface area contributed by atoms with E-state index >= 15 is 0 Å². The molecule has 6 nitrogen and oxygen atoms in total. The Morgan fingerprint density at radius 2 is 2.00 bits per heavy atom. The molecule has 8 heteroatoms. The largest absolute Gasteiger partial charge is 1.00 e. The molecule has 0 bridgehead atoms. The van der Waals surface area contributed by atoms with E-state index in [2.05, 4.69) is 15.3 Å². The Balaban J connectivity index is 0.00000225. The van der Waals surface area contributed by atoms with Crippen molar-refractivity contribution in [3.8, 4) is 0 Å². The smallest absolute Gasteiger partial charge is 0.173 e. The molecule has 3 aromatic rings. The standard InChI is InChI=1S/C17H18ClN6.ClH/c1-12-8-14(18)5-6-15(12)21-22-16-9-20-24(17(16)19)11-13-4-3-7-23(2)10-13;/h3-10H,11,19H2,1-2H3;1H/q+1;/p-1/b22-21+;. The molecule has 130 valence electrons. The first kappa shape index (κ1) is 18.9. The second-order valence-electron chi connectivity index (χ2n) is 5.58. The summed E-state index contributed by atoms with van der Waals surface area (Å²) in [5.74, 6) is 0.483. The molecule has 25 heavy (non-hydrogen) atoms. The molecule has 0 saturated heterocycles. The van der Waals surface area contributed by atoms with E-state index in [1.807, 2.05) is 55.2 Å². The van der Waals surface area contributed by atoms with Crippen LogP contribution in [0.5, 0.6) is 0 Å². The van der Waals surface area contributed by atoms with Gasteiger partial charge in [0.15, 0.2) is 12.4 Å². The molecule has 0 saturated carbocycles. The zero-order chi connectivity index (χ0) is 17.1. The zero-order valence-corrected chi connectivity index (χ0v) is 15.4. The molecule has 0 spiro atoms. The Labute approximate surface area is 157 Å². The number of halogens is 2. The SMILES string of the molecule is Cc1cc(Cl)ccc1/N=N/c1cnn(Cc2ccc[n+](C)c2)c1N.[Cl-]. The number of pyridine rings is 1. The third-order valence-corrected chi connectivity index (χ3v) is 3.85. The molecule has 1 aromatic carbocycles. The summed E-state index contributed by atoms with van der Waals surface area (Å²) in [6.45, 7) is 2.51. The van der Waals surface area contributed by atoms with Crippen LogP contribution in [0.25, 0.3) is 0 Å². The first-order valence-electron chi connectivity index (χ1n) is 7.46. The average molecular weight is 377 g/mol. The Morgan fingerprint density at radius 1 is 1.24 bits per heavy atom. The molecular formula is C17H18Cl2N6. The van der Waals surface area contributed by atoms with E-state index in [4.69, 9.17) is 17.3 Å². The summed E-state index contributed by atoms with van der Waals surface area (Å²) in [6.07, 6.45) is 5.62. The van der Waals surface area contributed by atoms with Crippen molar-refractivity contribution < 1.29 is 17.0 Å². The Bertz CT molecular complexity index is 904. The van der Waals surface area contributed by atoms with Crippen molar-refractivity contribution >= 4 is 28.8 Å². The van der Waals surface area contributed by atoms with E-state index in [1.165, 1.54) is 0 Å². The third-order valence-electron chi connectivity index (χ3n) is 3.62. The average Bonchev–Trinajstić information content (AvgIpc) is 2.87. The number of rotatable bonds is 4. The number of benzene rings is 1. The molecule has 2 aromatic heterocycles. The van der Waals surface area contributed by atoms with Gasteiger partial charge in [-0.3, -0.25) is 0 Å². The molecular weight excluding hydrogens is 359 g/mol. The number of hydrogen-bond donors (Lipinski definition) is 1. The van der Waals surface area contributed by atoms with Gasteiger partial charge in [0.05, 0.1) is 18.4 Å². The van der Waals surface area contributed by atoms with Crippen LogP contribution in [-0.4, -0.2) is 9.78 Å². The van der Waals surface area contributed by atoms with Crippen LogP contribution in [0.1, 0.15) is 11.1 Å². The monoisotopic (exact) mass is 376 g/mol. The minimum absolute atomic E-state index is 0. The van der Waals surface area contributed by atoms with Crippen LogP contribution in [0.3, 0.4) is 0 Å². The van der Waals surface area contributed by atoms with Gasteiger partial charge in [-0.25, -0.2) is 9.25 Å². The maximum atomic E-state index is 6.13. The fourth-order valence-electron chi connectivity index (χ4n) is 2.34. The number of hydrogen-bond acceptors (Lipinski definition) is 4. The summed E-state index contributed by atoms with van der Waals surface area (Å²) >= 11 is 5.94. The van der Waals surface area contributed by atoms with Gasteiger partial charge in [0.25, 0.3) is 0 Å². The number of anilines is 1.